The zero-order chi connectivity index (χ0) is 16.7. The topological polar surface area (TPSA) is 72.2 Å². The molecule has 2 aromatic carbocycles. The Morgan fingerprint density at radius 3 is 2.71 bits per heavy atom. The maximum absolute atomic E-state index is 12.4. The Balaban J connectivity index is 1.88. The summed E-state index contributed by atoms with van der Waals surface area (Å²) in [5.74, 6) is 0.0393. The van der Waals surface area contributed by atoms with Crippen LogP contribution in [-0.2, 0) is 0 Å². The Morgan fingerprint density at radius 2 is 1.92 bits per heavy atom. The van der Waals surface area contributed by atoms with Crippen LogP contribution in [0.3, 0.4) is 0 Å². The van der Waals surface area contributed by atoms with Gasteiger partial charge in [-0.05, 0) is 36.8 Å². The van der Waals surface area contributed by atoms with Crippen LogP contribution in [0.4, 0.5) is 5.95 Å². The van der Waals surface area contributed by atoms with E-state index in [0.717, 1.165) is 11.1 Å². The molecule has 0 bridgehead atoms. The number of hydrogen-bond donors (Lipinski definition) is 1. The zero-order valence-electron chi connectivity index (χ0n) is 12.7. The van der Waals surface area contributed by atoms with E-state index in [1.165, 1.54) is 0 Å². The smallest absolute Gasteiger partial charge is 0.258 e. The maximum atomic E-state index is 12.4. The molecule has 0 radical (unpaired) electrons. The van der Waals surface area contributed by atoms with Crippen molar-refractivity contribution in [1.29, 1.82) is 0 Å². The molecule has 4 rings (SSSR count). The monoisotopic (exact) mass is 337 g/mol. The summed E-state index contributed by atoms with van der Waals surface area (Å²) in [6.07, 6.45) is 0. The number of nitrogens with zero attached hydrogens (tertiary/aromatic N) is 4. The van der Waals surface area contributed by atoms with E-state index < -0.39 is 0 Å². The van der Waals surface area contributed by atoms with Gasteiger partial charge in [0.2, 0.25) is 11.6 Å². The van der Waals surface area contributed by atoms with Crippen LogP contribution in [-0.4, -0.2) is 25.5 Å². The molecule has 0 aliphatic heterocycles. The molecule has 0 saturated carbocycles. The summed E-state index contributed by atoms with van der Waals surface area (Å²) in [6.45, 7) is 1.98. The molecule has 4 aromatic rings. The van der Waals surface area contributed by atoms with Gasteiger partial charge in [-0.15, -0.1) is 10.2 Å². The van der Waals surface area contributed by atoms with Crippen LogP contribution in [0.25, 0.3) is 16.7 Å². The average molecular weight is 338 g/mol. The Labute approximate surface area is 142 Å². The zero-order valence-corrected chi connectivity index (χ0v) is 13.4. The number of halogens is 1. The first-order valence-electron chi connectivity index (χ1n) is 7.31. The summed E-state index contributed by atoms with van der Waals surface area (Å²) in [5.41, 5.74) is 3.48. The number of nitrogens with one attached hydrogen (secondary N) is 1. The van der Waals surface area contributed by atoms with Gasteiger partial charge in [0.25, 0.3) is 5.91 Å². The maximum Gasteiger partial charge on any atom is 0.258 e. The second kappa shape index (κ2) is 5.58. The van der Waals surface area contributed by atoms with Crippen LogP contribution < -0.4 is 5.32 Å². The van der Waals surface area contributed by atoms with Gasteiger partial charge in [0.05, 0.1) is 11.0 Å². The number of carbonyl (C=O) groups excluding carboxylic acids is 1. The minimum atomic E-state index is -0.265. The molecule has 2 heterocycles. The van der Waals surface area contributed by atoms with E-state index in [1.54, 1.807) is 28.7 Å². The van der Waals surface area contributed by atoms with Gasteiger partial charge in [-0.2, -0.15) is 0 Å². The highest BCUT2D eigenvalue weighted by Crippen LogP contribution is 2.24. The molecular weight excluding hydrogens is 326 g/mol. The number of benzene rings is 2. The normalized spacial score (nSPS) is 11.1. The molecule has 0 aliphatic rings. The van der Waals surface area contributed by atoms with E-state index in [9.17, 15) is 4.79 Å². The fraction of sp³-hybridized carbons (Fsp3) is 0.0588. The van der Waals surface area contributed by atoms with Crippen LogP contribution in [0.1, 0.15) is 15.9 Å². The average Bonchev–Trinajstić information content (AvgIpc) is 3.01. The number of aryl methyl sites for hydroxylation is 1. The summed E-state index contributed by atoms with van der Waals surface area (Å²) < 4.78 is 1.71. The number of rotatable bonds is 2. The Hall–Kier alpha value is -2.99. The summed E-state index contributed by atoms with van der Waals surface area (Å²) in [4.78, 5) is 16.7. The van der Waals surface area contributed by atoms with Crippen LogP contribution in [0.15, 0.2) is 48.5 Å². The lowest BCUT2D eigenvalue weighted by molar-refractivity contribution is 0.102. The number of amides is 1. The lowest BCUT2D eigenvalue weighted by Gasteiger charge is -2.07. The lowest BCUT2D eigenvalue weighted by atomic mass is 10.2. The number of hydrogen-bond acceptors (Lipinski definition) is 4. The van der Waals surface area contributed by atoms with Crippen molar-refractivity contribution >= 4 is 40.1 Å². The van der Waals surface area contributed by atoms with Crippen molar-refractivity contribution in [3.05, 3.63) is 64.8 Å². The highest BCUT2D eigenvalue weighted by Gasteiger charge is 2.16. The first kappa shape index (κ1) is 14.6. The van der Waals surface area contributed by atoms with Crippen LogP contribution in [0, 0.1) is 6.92 Å². The fourth-order valence-corrected chi connectivity index (χ4v) is 2.77. The third-order valence-corrected chi connectivity index (χ3v) is 3.95. The number of anilines is 1. The highest BCUT2D eigenvalue weighted by molar-refractivity contribution is 6.32. The molecule has 0 fully saturated rings. The standard InChI is InChI=1S/C17H12ClN5O/c1-10-7-8-12-13(9-10)23-15(14(18)19-12)21-22-17(23)20-16(24)11-5-3-2-4-6-11/h2-9H,1H3,(H,20,22,24). The van der Waals surface area contributed by atoms with Crippen molar-refractivity contribution in [2.75, 3.05) is 5.32 Å². The minimum absolute atomic E-state index is 0.235. The van der Waals surface area contributed by atoms with E-state index in [1.807, 2.05) is 31.2 Å². The molecule has 24 heavy (non-hydrogen) atoms. The van der Waals surface area contributed by atoms with Gasteiger partial charge in [0.15, 0.2) is 5.15 Å². The van der Waals surface area contributed by atoms with Crippen molar-refractivity contribution in [3.8, 4) is 0 Å². The predicted molar refractivity (Wildman–Crippen MR) is 92.4 cm³/mol. The molecule has 0 saturated heterocycles. The largest absolute Gasteiger partial charge is 0.290 e. The summed E-state index contributed by atoms with van der Waals surface area (Å²) >= 11 is 6.20. The Bertz CT molecular complexity index is 1070. The Morgan fingerprint density at radius 1 is 1.12 bits per heavy atom. The molecule has 7 heteroatoms. The molecular formula is C17H12ClN5O. The predicted octanol–water partition coefficient (Wildman–Crippen LogP) is 3.49. The molecule has 1 N–H and O–H groups in total. The lowest BCUT2D eigenvalue weighted by Crippen LogP contribution is -2.14. The van der Waals surface area contributed by atoms with Crippen molar-refractivity contribution in [3.63, 3.8) is 0 Å². The fourth-order valence-electron chi connectivity index (χ4n) is 2.55. The molecule has 0 aliphatic carbocycles. The van der Waals surface area contributed by atoms with Gasteiger partial charge >= 0.3 is 0 Å². The first-order valence-corrected chi connectivity index (χ1v) is 7.69. The third-order valence-electron chi connectivity index (χ3n) is 3.70. The van der Waals surface area contributed by atoms with Gasteiger partial charge in [0.1, 0.15) is 0 Å². The molecule has 0 atom stereocenters. The van der Waals surface area contributed by atoms with Crippen molar-refractivity contribution in [2.24, 2.45) is 0 Å². The van der Waals surface area contributed by atoms with E-state index in [2.05, 4.69) is 20.5 Å². The molecule has 118 valence electrons. The highest BCUT2D eigenvalue weighted by atomic mass is 35.5. The number of fused-ring (bicyclic) bond motifs is 3. The summed E-state index contributed by atoms with van der Waals surface area (Å²) in [7, 11) is 0. The molecule has 6 nitrogen and oxygen atoms in total. The Kier molecular flexibility index (Phi) is 3.39. The van der Waals surface area contributed by atoms with Gasteiger partial charge in [-0.3, -0.25) is 14.5 Å². The summed E-state index contributed by atoms with van der Waals surface area (Å²) in [6, 6.07) is 14.7. The first-order chi connectivity index (χ1) is 11.6. The van der Waals surface area contributed by atoms with Crippen LogP contribution in [0.5, 0.6) is 0 Å². The van der Waals surface area contributed by atoms with Gasteiger partial charge in [-0.25, -0.2) is 4.98 Å². The van der Waals surface area contributed by atoms with Crippen LogP contribution in [0.2, 0.25) is 5.15 Å². The summed E-state index contributed by atoms with van der Waals surface area (Å²) in [5, 5.41) is 11.1. The van der Waals surface area contributed by atoms with Gasteiger partial charge in [-0.1, -0.05) is 35.9 Å². The molecule has 1 amide bonds. The van der Waals surface area contributed by atoms with Gasteiger partial charge < -0.3 is 0 Å². The number of aromatic nitrogens is 4. The van der Waals surface area contributed by atoms with Crippen molar-refractivity contribution < 1.29 is 4.79 Å². The molecule has 0 unspecified atom stereocenters. The number of carbonyl (C=O) groups is 1. The minimum Gasteiger partial charge on any atom is -0.290 e. The van der Waals surface area contributed by atoms with E-state index in [-0.39, 0.29) is 11.1 Å². The molecule has 0 spiro atoms. The van der Waals surface area contributed by atoms with E-state index in [0.29, 0.717) is 22.7 Å². The second-order valence-electron chi connectivity index (χ2n) is 5.40. The van der Waals surface area contributed by atoms with E-state index >= 15 is 0 Å². The van der Waals surface area contributed by atoms with Crippen molar-refractivity contribution in [1.82, 2.24) is 19.6 Å². The van der Waals surface area contributed by atoms with E-state index in [4.69, 9.17) is 11.6 Å². The molecule has 2 aromatic heterocycles. The van der Waals surface area contributed by atoms with Gasteiger partial charge in [0, 0.05) is 5.56 Å². The third kappa shape index (κ3) is 2.37. The van der Waals surface area contributed by atoms with Crippen molar-refractivity contribution in [2.45, 2.75) is 6.92 Å². The SMILES string of the molecule is Cc1ccc2nc(Cl)c3nnc(NC(=O)c4ccccc4)n3c2c1. The second-order valence-corrected chi connectivity index (χ2v) is 5.76. The quantitative estimate of drug-likeness (QED) is 0.607. The van der Waals surface area contributed by atoms with Crippen LogP contribution >= 0.6 is 11.6 Å².